The van der Waals surface area contributed by atoms with Crippen LogP contribution in [0, 0.1) is 12.7 Å². The number of benzene rings is 3. The first-order valence-corrected chi connectivity index (χ1v) is 11.2. The molecule has 162 valence electrons. The number of halogens is 1. The fourth-order valence-corrected chi connectivity index (χ4v) is 5.19. The van der Waals surface area contributed by atoms with Crippen LogP contribution < -0.4 is 4.74 Å². The molecule has 0 saturated heterocycles. The number of hydrogen-bond donors (Lipinski definition) is 0. The Morgan fingerprint density at radius 1 is 1.00 bits per heavy atom. The van der Waals surface area contributed by atoms with Crippen LogP contribution in [0.15, 0.2) is 61.3 Å². The first-order valence-electron chi connectivity index (χ1n) is 11.2. The summed E-state index contributed by atoms with van der Waals surface area (Å²) >= 11 is 0. The predicted molar refractivity (Wildman–Crippen MR) is 129 cm³/mol. The Balaban J connectivity index is 1.76. The summed E-state index contributed by atoms with van der Waals surface area (Å²) < 4.78 is 21.0. The molecule has 0 N–H and O–H groups in total. The Morgan fingerprint density at radius 2 is 1.85 bits per heavy atom. The Bertz CT molecular complexity index is 1540. The van der Waals surface area contributed by atoms with Gasteiger partial charge in [-0.3, -0.25) is 4.98 Å². The summed E-state index contributed by atoms with van der Waals surface area (Å²) in [5.41, 5.74) is 8.13. The summed E-state index contributed by atoms with van der Waals surface area (Å²) in [6.45, 7) is 4.94. The van der Waals surface area contributed by atoms with Gasteiger partial charge in [0.05, 0.1) is 12.1 Å². The van der Waals surface area contributed by atoms with Crippen molar-refractivity contribution in [2.75, 3.05) is 6.61 Å². The number of nitrogens with zero attached hydrogens (tertiary/aromatic N) is 3. The second kappa shape index (κ2) is 7.62. The number of hydrogen-bond acceptors (Lipinski definition) is 4. The highest BCUT2D eigenvalue weighted by molar-refractivity contribution is 6.11. The van der Waals surface area contributed by atoms with Gasteiger partial charge in [-0.25, -0.2) is 14.4 Å². The number of ether oxygens (including phenoxy) is 1. The topological polar surface area (TPSA) is 47.9 Å². The molecule has 0 unspecified atom stereocenters. The van der Waals surface area contributed by atoms with Gasteiger partial charge in [-0.2, -0.15) is 0 Å². The van der Waals surface area contributed by atoms with E-state index in [1.807, 2.05) is 12.3 Å². The molecule has 0 fully saturated rings. The molecule has 5 heteroatoms. The maximum absolute atomic E-state index is 15.0. The lowest BCUT2D eigenvalue weighted by molar-refractivity contribution is 0.318. The van der Waals surface area contributed by atoms with Gasteiger partial charge in [-0.1, -0.05) is 13.0 Å². The highest BCUT2D eigenvalue weighted by Crippen LogP contribution is 2.44. The van der Waals surface area contributed by atoms with Crippen LogP contribution in [0.5, 0.6) is 5.75 Å². The third-order valence-electron chi connectivity index (χ3n) is 6.62. The predicted octanol–water partition coefficient (Wildman–Crippen LogP) is 6.46. The number of fused-ring (bicyclic) bond motifs is 1. The van der Waals surface area contributed by atoms with Gasteiger partial charge in [-0.05, 0) is 82.3 Å². The molecule has 4 nitrogen and oxygen atoms in total. The van der Waals surface area contributed by atoms with Crippen LogP contribution in [-0.2, 0) is 12.8 Å². The molecule has 5 aromatic rings. The maximum Gasteiger partial charge on any atom is 0.129 e. The molecular weight excluding hydrogens is 413 g/mol. The van der Waals surface area contributed by atoms with E-state index in [9.17, 15) is 0 Å². The summed E-state index contributed by atoms with van der Waals surface area (Å²) in [7, 11) is 0. The third kappa shape index (κ3) is 3.07. The zero-order valence-electron chi connectivity index (χ0n) is 18.5. The molecule has 1 aliphatic rings. The number of aromatic nitrogens is 3. The van der Waals surface area contributed by atoms with E-state index in [-0.39, 0.29) is 5.82 Å². The highest BCUT2D eigenvalue weighted by atomic mass is 19.1. The summed E-state index contributed by atoms with van der Waals surface area (Å²) in [6.07, 6.45) is 8.50. The minimum Gasteiger partial charge on any atom is -0.493 e. The first-order chi connectivity index (χ1) is 16.2. The van der Waals surface area contributed by atoms with E-state index < -0.39 is 0 Å². The van der Waals surface area contributed by atoms with Gasteiger partial charge in [-0.15, -0.1) is 0 Å². The van der Waals surface area contributed by atoms with Gasteiger partial charge >= 0.3 is 0 Å². The van der Waals surface area contributed by atoms with Crippen molar-refractivity contribution in [3.8, 4) is 28.0 Å². The lowest BCUT2D eigenvalue weighted by Gasteiger charge is -2.22. The normalized spacial score (nSPS) is 12.8. The monoisotopic (exact) mass is 435 g/mol. The smallest absolute Gasteiger partial charge is 0.129 e. The largest absolute Gasteiger partial charge is 0.493 e. The van der Waals surface area contributed by atoms with E-state index in [2.05, 4.69) is 42.0 Å². The molecule has 3 aromatic carbocycles. The minimum atomic E-state index is -0.285. The number of pyridine rings is 1. The molecule has 0 atom stereocenters. The van der Waals surface area contributed by atoms with E-state index in [0.717, 1.165) is 62.5 Å². The van der Waals surface area contributed by atoms with E-state index >= 15 is 4.39 Å². The van der Waals surface area contributed by atoms with Crippen LogP contribution in [-0.4, -0.2) is 21.6 Å². The Morgan fingerprint density at radius 3 is 2.67 bits per heavy atom. The molecule has 3 heterocycles. The molecule has 2 aromatic heterocycles. The van der Waals surface area contributed by atoms with Gasteiger partial charge in [0.15, 0.2) is 0 Å². The average molecular weight is 436 g/mol. The second-order valence-corrected chi connectivity index (χ2v) is 8.48. The van der Waals surface area contributed by atoms with Crippen molar-refractivity contribution >= 4 is 21.7 Å². The van der Waals surface area contributed by atoms with Crippen LogP contribution in [0.2, 0.25) is 0 Å². The average Bonchev–Trinajstić information content (AvgIpc) is 2.84. The van der Waals surface area contributed by atoms with E-state index in [4.69, 9.17) is 9.72 Å². The van der Waals surface area contributed by atoms with E-state index in [0.29, 0.717) is 6.61 Å². The van der Waals surface area contributed by atoms with Gasteiger partial charge in [0, 0.05) is 41.5 Å². The van der Waals surface area contributed by atoms with Gasteiger partial charge in [0.25, 0.3) is 0 Å². The van der Waals surface area contributed by atoms with Crippen LogP contribution in [0.1, 0.15) is 23.6 Å². The molecule has 0 amide bonds. The fourth-order valence-electron chi connectivity index (χ4n) is 5.19. The summed E-state index contributed by atoms with van der Waals surface area (Å²) in [5.74, 6) is 0.582. The van der Waals surface area contributed by atoms with Crippen LogP contribution in [0.25, 0.3) is 43.9 Å². The first kappa shape index (κ1) is 19.8. The SMILES string of the molecule is CCc1c(C)cc2c(-c3cncnc3)cc(F)cc2c1-c1ccc2c3c(ccnc13)CCO2. The number of aryl methyl sites for hydroxylation is 1. The minimum absolute atomic E-state index is 0.285. The molecule has 6 rings (SSSR count). The lowest BCUT2D eigenvalue weighted by atomic mass is 9.85. The van der Waals surface area contributed by atoms with Gasteiger partial charge in [0.1, 0.15) is 17.9 Å². The molecule has 0 bridgehead atoms. The summed E-state index contributed by atoms with van der Waals surface area (Å²) in [4.78, 5) is 13.1. The lowest BCUT2D eigenvalue weighted by Crippen LogP contribution is -2.09. The third-order valence-corrected chi connectivity index (χ3v) is 6.62. The van der Waals surface area contributed by atoms with E-state index in [1.165, 1.54) is 23.0 Å². The van der Waals surface area contributed by atoms with Crippen LogP contribution >= 0.6 is 0 Å². The van der Waals surface area contributed by atoms with Crippen LogP contribution in [0.4, 0.5) is 4.39 Å². The highest BCUT2D eigenvalue weighted by Gasteiger charge is 2.22. The van der Waals surface area contributed by atoms with Crippen molar-refractivity contribution in [3.63, 3.8) is 0 Å². The van der Waals surface area contributed by atoms with E-state index in [1.54, 1.807) is 24.5 Å². The maximum atomic E-state index is 15.0. The van der Waals surface area contributed by atoms with Gasteiger partial charge in [0.2, 0.25) is 0 Å². The fraction of sp³-hybridized carbons (Fsp3) is 0.179. The Kier molecular flexibility index (Phi) is 4.57. The molecule has 0 aliphatic carbocycles. The van der Waals surface area contributed by atoms with Crippen molar-refractivity contribution < 1.29 is 9.13 Å². The molecule has 1 aliphatic heterocycles. The van der Waals surface area contributed by atoms with Crippen molar-refractivity contribution in [2.24, 2.45) is 0 Å². The zero-order chi connectivity index (χ0) is 22.5. The molecule has 0 spiro atoms. The summed E-state index contributed by atoms with van der Waals surface area (Å²) in [6, 6.07) is 11.5. The molecule has 33 heavy (non-hydrogen) atoms. The van der Waals surface area contributed by atoms with Crippen molar-refractivity contribution in [2.45, 2.75) is 26.7 Å². The van der Waals surface area contributed by atoms with Crippen LogP contribution in [0.3, 0.4) is 0 Å². The zero-order valence-corrected chi connectivity index (χ0v) is 18.5. The quantitative estimate of drug-likeness (QED) is 0.326. The Hall–Kier alpha value is -3.86. The second-order valence-electron chi connectivity index (χ2n) is 8.48. The standard InChI is InChI=1S/C28H22FN3O/c1-3-20-16(2)10-23-22(18-13-30-15-31-14-18)11-19(29)12-24(23)27(20)21-4-5-25-26-17(7-9-33-25)6-8-32-28(21)26/h4-6,8,10-15H,3,7,9H2,1-2H3. The van der Waals surface area contributed by atoms with Crippen molar-refractivity contribution in [3.05, 3.63) is 83.8 Å². The molecule has 0 radical (unpaired) electrons. The van der Waals surface area contributed by atoms with Crippen molar-refractivity contribution in [1.82, 2.24) is 15.0 Å². The van der Waals surface area contributed by atoms with Gasteiger partial charge < -0.3 is 4.74 Å². The number of rotatable bonds is 3. The molecular formula is C28H22FN3O. The summed E-state index contributed by atoms with van der Waals surface area (Å²) in [5, 5.41) is 2.91. The molecule has 0 saturated carbocycles. The Labute approximate surface area is 191 Å². The van der Waals surface area contributed by atoms with Crippen molar-refractivity contribution in [1.29, 1.82) is 0 Å².